The summed E-state index contributed by atoms with van der Waals surface area (Å²) in [7, 11) is 0. The quantitative estimate of drug-likeness (QED) is 0.170. The van der Waals surface area contributed by atoms with E-state index in [0.29, 0.717) is 5.56 Å². The van der Waals surface area contributed by atoms with Crippen molar-refractivity contribution in [3.05, 3.63) is 53.6 Å². The molecule has 7 heteroatoms. The van der Waals surface area contributed by atoms with Gasteiger partial charge < -0.3 is 25.8 Å². The van der Waals surface area contributed by atoms with Crippen LogP contribution in [0.3, 0.4) is 0 Å². The first-order valence-electron chi connectivity index (χ1n) is 6.41. The summed E-state index contributed by atoms with van der Waals surface area (Å²) in [5.41, 5.74) is 5.92. The predicted molar refractivity (Wildman–Crippen MR) is 81.7 cm³/mol. The Morgan fingerprint density at radius 2 is 1.74 bits per heavy atom. The Bertz CT molecular complexity index is 797. The molecular formula is C16H13NO6. The molecule has 0 unspecified atom stereocenters. The second-order valence-corrected chi connectivity index (χ2v) is 4.56. The number of esters is 2. The van der Waals surface area contributed by atoms with Crippen LogP contribution in [0.5, 0.6) is 17.2 Å². The van der Waals surface area contributed by atoms with Gasteiger partial charge in [0.1, 0.15) is 5.75 Å². The minimum absolute atomic E-state index is 0.0630. The van der Waals surface area contributed by atoms with E-state index in [1.807, 2.05) is 0 Å². The van der Waals surface area contributed by atoms with Crippen molar-refractivity contribution in [2.24, 2.45) is 0 Å². The van der Waals surface area contributed by atoms with E-state index in [1.165, 1.54) is 36.4 Å². The van der Waals surface area contributed by atoms with Crippen LogP contribution >= 0.6 is 0 Å². The molecule has 0 saturated carbocycles. The highest BCUT2D eigenvalue weighted by Crippen LogP contribution is 2.25. The summed E-state index contributed by atoms with van der Waals surface area (Å²) < 4.78 is 4.58. The number of ether oxygens (including phenoxy) is 1. The van der Waals surface area contributed by atoms with Gasteiger partial charge in [0.05, 0.1) is 5.56 Å². The standard InChI is InChI=1S/C16H13NO6/c17-12-4-3-10(18)8-11(12)16(22)23-15(21)6-2-9-1-5-13(19)14(20)7-9/h1-8,18-20H,17H2/b6-2+. The fourth-order valence-electron chi connectivity index (χ4n) is 1.71. The molecule has 7 nitrogen and oxygen atoms in total. The molecule has 5 N–H and O–H groups in total. The molecule has 0 fully saturated rings. The number of hydrogen-bond acceptors (Lipinski definition) is 7. The molecule has 23 heavy (non-hydrogen) atoms. The first-order chi connectivity index (χ1) is 10.9. The number of carbonyl (C=O) groups excluding carboxylic acids is 2. The molecule has 0 heterocycles. The van der Waals surface area contributed by atoms with Crippen LogP contribution in [0.4, 0.5) is 5.69 Å². The molecule has 0 atom stereocenters. The molecule has 2 aromatic rings. The Morgan fingerprint density at radius 3 is 2.43 bits per heavy atom. The maximum absolute atomic E-state index is 11.8. The molecule has 0 aliphatic heterocycles. The van der Waals surface area contributed by atoms with Gasteiger partial charge in [0.25, 0.3) is 0 Å². The Kier molecular flexibility index (Phi) is 4.51. The molecule has 0 amide bonds. The number of aromatic hydroxyl groups is 3. The molecule has 118 valence electrons. The molecule has 0 radical (unpaired) electrons. The van der Waals surface area contributed by atoms with Gasteiger partial charge in [0.2, 0.25) is 0 Å². The summed E-state index contributed by atoms with van der Waals surface area (Å²) in [5.74, 6) is -2.77. The molecule has 0 aliphatic rings. The largest absolute Gasteiger partial charge is 0.508 e. The number of anilines is 1. The Morgan fingerprint density at radius 1 is 1.00 bits per heavy atom. The molecule has 0 spiro atoms. The number of phenols is 3. The molecule has 0 saturated heterocycles. The van der Waals surface area contributed by atoms with Crippen molar-refractivity contribution in [3.63, 3.8) is 0 Å². The highest BCUT2D eigenvalue weighted by molar-refractivity contribution is 6.04. The zero-order valence-electron chi connectivity index (χ0n) is 11.8. The van der Waals surface area contributed by atoms with Gasteiger partial charge in [-0.2, -0.15) is 0 Å². The van der Waals surface area contributed by atoms with Gasteiger partial charge in [0.15, 0.2) is 11.5 Å². The van der Waals surface area contributed by atoms with Crippen LogP contribution < -0.4 is 5.73 Å². The van der Waals surface area contributed by atoms with E-state index in [0.717, 1.165) is 12.1 Å². The lowest BCUT2D eigenvalue weighted by Crippen LogP contribution is -2.12. The Balaban J connectivity index is 2.06. The van der Waals surface area contributed by atoms with Crippen molar-refractivity contribution in [2.75, 3.05) is 5.73 Å². The summed E-state index contributed by atoms with van der Waals surface area (Å²) in [6, 6.07) is 7.63. The average Bonchev–Trinajstić information content (AvgIpc) is 2.50. The third-order valence-corrected chi connectivity index (χ3v) is 2.86. The van der Waals surface area contributed by atoms with Crippen LogP contribution in [0.15, 0.2) is 42.5 Å². The van der Waals surface area contributed by atoms with E-state index >= 15 is 0 Å². The van der Waals surface area contributed by atoms with Gasteiger partial charge in [-0.1, -0.05) is 6.07 Å². The topological polar surface area (TPSA) is 130 Å². The van der Waals surface area contributed by atoms with Crippen LogP contribution in [-0.2, 0) is 9.53 Å². The molecule has 0 bridgehead atoms. The summed E-state index contributed by atoms with van der Waals surface area (Å²) in [6.45, 7) is 0. The van der Waals surface area contributed by atoms with Gasteiger partial charge in [0, 0.05) is 11.8 Å². The second-order valence-electron chi connectivity index (χ2n) is 4.56. The smallest absolute Gasteiger partial charge is 0.348 e. The van der Waals surface area contributed by atoms with Crippen molar-refractivity contribution in [1.82, 2.24) is 0 Å². The monoisotopic (exact) mass is 315 g/mol. The third kappa shape index (κ3) is 4.01. The van der Waals surface area contributed by atoms with Crippen LogP contribution in [-0.4, -0.2) is 27.3 Å². The van der Waals surface area contributed by atoms with E-state index in [9.17, 15) is 24.9 Å². The lowest BCUT2D eigenvalue weighted by molar-refractivity contribution is -0.132. The maximum atomic E-state index is 11.8. The third-order valence-electron chi connectivity index (χ3n) is 2.86. The molecular weight excluding hydrogens is 302 g/mol. The Hall–Kier alpha value is -3.48. The van der Waals surface area contributed by atoms with Crippen molar-refractivity contribution in [2.45, 2.75) is 0 Å². The van der Waals surface area contributed by atoms with Gasteiger partial charge in [-0.3, -0.25) is 0 Å². The van der Waals surface area contributed by atoms with Crippen molar-refractivity contribution < 1.29 is 29.6 Å². The van der Waals surface area contributed by atoms with E-state index in [2.05, 4.69) is 4.74 Å². The number of hydrogen-bond donors (Lipinski definition) is 4. The number of benzene rings is 2. The van der Waals surface area contributed by atoms with Crippen LogP contribution in [0.25, 0.3) is 6.08 Å². The summed E-state index contributed by atoms with van der Waals surface area (Å²) >= 11 is 0. The molecule has 2 rings (SSSR count). The highest BCUT2D eigenvalue weighted by Gasteiger charge is 2.15. The normalized spacial score (nSPS) is 10.6. The molecule has 2 aromatic carbocycles. The summed E-state index contributed by atoms with van der Waals surface area (Å²) in [5, 5.41) is 27.8. The number of rotatable bonds is 3. The van der Waals surface area contributed by atoms with Gasteiger partial charge in [-0.15, -0.1) is 0 Å². The first kappa shape index (κ1) is 15.9. The minimum Gasteiger partial charge on any atom is -0.508 e. The van der Waals surface area contributed by atoms with Crippen molar-refractivity contribution in [3.8, 4) is 17.2 Å². The fourth-order valence-corrected chi connectivity index (χ4v) is 1.71. The van der Waals surface area contributed by atoms with E-state index in [4.69, 9.17) is 5.73 Å². The second kappa shape index (κ2) is 6.52. The van der Waals surface area contributed by atoms with Gasteiger partial charge >= 0.3 is 11.9 Å². The van der Waals surface area contributed by atoms with Crippen LogP contribution in [0, 0.1) is 0 Å². The Labute approximate surface area is 130 Å². The highest BCUT2D eigenvalue weighted by atomic mass is 16.6. The zero-order chi connectivity index (χ0) is 17.0. The molecule has 0 aliphatic carbocycles. The number of nitrogens with two attached hydrogens (primary N) is 1. The van der Waals surface area contributed by atoms with E-state index < -0.39 is 11.9 Å². The zero-order valence-corrected chi connectivity index (χ0v) is 11.8. The lowest BCUT2D eigenvalue weighted by Gasteiger charge is -2.04. The van der Waals surface area contributed by atoms with Gasteiger partial charge in [-0.25, -0.2) is 9.59 Å². The first-order valence-corrected chi connectivity index (χ1v) is 6.41. The van der Waals surface area contributed by atoms with Crippen LogP contribution in [0.1, 0.15) is 15.9 Å². The van der Waals surface area contributed by atoms with Crippen LogP contribution in [0.2, 0.25) is 0 Å². The predicted octanol–water partition coefficient (Wildman–Crippen LogP) is 1.78. The number of carbonyl (C=O) groups is 2. The summed E-state index contributed by atoms with van der Waals surface area (Å²) in [6.07, 6.45) is 2.27. The van der Waals surface area contributed by atoms with E-state index in [1.54, 1.807) is 0 Å². The SMILES string of the molecule is Nc1ccc(O)cc1C(=O)OC(=O)/C=C/c1ccc(O)c(O)c1. The average molecular weight is 315 g/mol. The summed E-state index contributed by atoms with van der Waals surface area (Å²) in [4.78, 5) is 23.4. The minimum atomic E-state index is -0.999. The molecule has 0 aromatic heterocycles. The van der Waals surface area contributed by atoms with Crippen molar-refractivity contribution >= 4 is 23.7 Å². The van der Waals surface area contributed by atoms with E-state index in [-0.39, 0.29) is 28.5 Å². The number of phenolic OH excluding ortho intramolecular Hbond substituents is 3. The lowest BCUT2D eigenvalue weighted by atomic mass is 10.1. The van der Waals surface area contributed by atoms with Gasteiger partial charge in [-0.05, 0) is 42.0 Å². The number of nitrogen functional groups attached to an aromatic ring is 1. The van der Waals surface area contributed by atoms with Crippen molar-refractivity contribution in [1.29, 1.82) is 0 Å². The maximum Gasteiger partial charge on any atom is 0.348 e. The fraction of sp³-hybridized carbons (Fsp3) is 0.